The Morgan fingerprint density at radius 1 is 0.203 bits per heavy atom. The van der Waals surface area contributed by atoms with Crippen molar-refractivity contribution in [3.63, 3.8) is 0 Å². The first-order chi connectivity index (χ1) is 65.9. The van der Waals surface area contributed by atoms with E-state index >= 15 is 0 Å². The molecule has 0 aliphatic heterocycles. The van der Waals surface area contributed by atoms with Gasteiger partial charge in [0.1, 0.15) is 22.4 Å². The van der Waals surface area contributed by atoms with Crippen LogP contribution >= 0.6 is 0 Å². The molecule has 0 spiro atoms. The van der Waals surface area contributed by atoms with Gasteiger partial charge in [0.05, 0.1) is 134 Å². The average molecular weight is 1700 g/mol. The van der Waals surface area contributed by atoms with Gasteiger partial charge in [-0.25, -0.2) is 44.9 Å². The first kappa shape index (κ1) is 72.7. The van der Waals surface area contributed by atoms with Crippen LogP contribution in [0.25, 0.3) is 276 Å². The molecule has 15 aromatic carbocycles. The SMILES string of the molecule is Cc1nc(-c2ccccc2)nc(-c2cc3c4cc5c6ccccc6n(-c6ccccc6)c5cc4n4c5nc6ccccc6nc5c(c2)c34)n1.c1ccc(-c2ccc(-n3c4ccccc4c4cc5c6cccc7c8nc9ccccc9nc8n(c5cc43)c67)cn2)cc1.c1cncc(-c2ccc(-n3c4ccccc4c4cc5c6cccc7c8nc9ccccc9nc8n(c5cc43)c67)cn2)c1. The third kappa shape index (κ3) is 10.7. The summed E-state index contributed by atoms with van der Waals surface area (Å²) in [7, 11) is 0. The maximum atomic E-state index is 5.24. The largest absolute Gasteiger partial charge is 0.309 e. The van der Waals surface area contributed by atoms with Crippen LogP contribution in [-0.2, 0) is 0 Å². The minimum atomic E-state index is 0.634. The molecule has 0 aliphatic carbocycles. The molecule has 0 amide bonds. The van der Waals surface area contributed by atoms with E-state index in [0.29, 0.717) is 17.5 Å². The zero-order chi connectivity index (χ0) is 86.9. The summed E-state index contributed by atoms with van der Waals surface area (Å²) >= 11 is 0. The van der Waals surface area contributed by atoms with Gasteiger partial charge in [0, 0.05) is 121 Å². The molecular formula is C115H66N18. The summed E-state index contributed by atoms with van der Waals surface area (Å²) in [6.45, 7) is 1.92. The number of benzene rings is 15. The van der Waals surface area contributed by atoms with Gasteiger partial charge in [-0.1, -0.05) is 206 Å². The molecule has 0 aliphatic rings. The Hall–Kier alpha value is -18.4. The lowest BCUT2D eigenvalue weighted by molar-refractivity contribution is 0.992. The highest BCUT2D eigenvalue weighted by atomic mass is 15.1. The highest BCUT2D eigenvalue weighted by molar-refractivity contribution is 6.30. The topological polar surface area (TPSA) is 183 Å². The predicted molar refractivity (Wildman–Crippen MR) is 539 cm³/mol. The number of pyridine rings is 3. The van der Waals surface area contributed by atoms with Gasteiger partial charge in [0.15, 0.2) is 28.6 Å². The lowest BCUT2D eigenvalue weighted by atomic mass is 10.0. The highest BCUT2D eigenvalue weighted by Crippen LogP contribution is 2.49. The Balaban J connectivity index is 0.0000000978. The molecule has 0 N–H and O–H groups in total. The normalized spacial score (nSPS) is 12.2. The van der Waals surface area contributed by atoms with Crippen LogP contribution in [0.15, 0.2) is 383 Å². The fraction of sp³-hybridized carbons (Fsp3) is 0.00870. The van der Waals surface area contributed by atoms with Gasteiger partial charge in [-0.2, -0.15) is 0 Å². The molecule has 616 valence electrons. The zero-order valence-electron chi connectivity index (χ0n) is 70.9. The minimum Gasteiger partial charge on any atom is -0.309 e. The molecule has 0 saturated heterocycles. The Bertz CT molecular complexity index is 9920. The van der Waals surface area contributed by atoms with Crippen LogP contribution < -0.4 is 0 Å². The van der Waals surface area contributed by atoms with Gasteiger partial charge < -0.3 is 13.7 Å². The number of para-hydroxylation sites is 12. The molecule has 0 bridgehead atoms. The van der Waals surface area contributed by atoms with Crippen molar-refractivity contribution in [2.45, 2.75) is 6.92 Å². The smallest absolute Gasteiger partial charge is 0.165 e. The van der Waals surface area contributed by atoms with E-state index in [1.807, 2.05) is 159 Å². The van der Waals surface area contributed by atoms with Crippen LogP contribution in [0, 0.1) is 6.92 Å². The Morgan fingerprint density at radius 2 is 0.556 bits per heavy atom. The van der Waals surface area contributed by atoms with E-state index in [1.54, 1.807) is 6.20 Å². The Morgan fingerprint density at radius 3 is 1.01 bits per heavy atom. The summed E-state index contributed by atoms with van der Waals surface area (Å²) in [5.74, 6) is 1.96. The van der Waals surface area contributed by atoms with E-state index in [0.717, 1.165) is 194 Å². The maximum Gasteiger partial charge on any atom is 0.165 e. The van der Waals surface area contributed by atoms with Gasteiger partial charge >= 0.3 is 0 Å². The zero-order valence-corrected chi connectivity index (χ0v) is 70.9. The van der Waals surface area contributed by atoms with Crippen molar-refractivity contribution >= 4 is 214 Å². The highest BCUT2D eigenvalue weighted by Gasteiger charge is 2.29. The molecule has 16 aromatic heterocycles. The number of aryl methyl sites for hydroxylation is 1. The van der Waals surface area contributed by atoms with Crippen molar-refractivity contribution < 1.29 is 0 Å². The molecule has 18 heteroatoms. The van der Waals surface area contributed by atoms with Crippen LogP contribution in [-0.4, -0.2) is 86.7 Å². The molecule has 0 radical (unpaired) electrons. The van der Waals surface area contributed by atoms with E-state index in [9.17, 15) is 0 Å². The molecule has 16 heterocycles. The molecule has 0 unspecified atom stereocenters. The second-order valence-corrected chi connectivity index (χ2v) is 34.3. The molecule has 18 nitrogen and oxygen atoms in total. The molecule has 0 fully saturated rings. The van der Waals surface area contributed by atoms with Gasteiger partial charge in [0.2, 0.25) is 0 Å². The van der Waals surface area contributed by atoms with E-state index in [4.69, 9.17) is 54.8 Å². The fourth-order valence-corrected chi connectivity index (χ4v) is 21.2. The van der Waals surface area contributed by atoms with Crippen LogP contribution in [0.4, 0.5) is 0 Å². The van der Waals surface area contributed by atoms with E-state index in [2.05, 4.69) is 256 Å². The number of hydrogen-bond donors (Lipinski definition) is 0. The lowest BCUT2D eigenvalue weighted by Gasteiger charge is -2.09. The number of rotatable bonds is 7. The Labute approximate surface area is 753 Å². The van der Waals surface area contributed by atoms with Gasteiger partial charge in [-0.05, 0) is 159 Å². The monoisotopic (exact) mass is 1700 g/mol. The van der Waals surface area contributed by atoms with Gasteiger partial charge in [-0.3, -0.25) is 28.2 Å². The quantitative estimate of drug-likeness (QED) is 0.147. The van der Waals surface area contributed by atoms with Crippen molar-refractivity contribution in [2.75, 3.05) is 0 Å². The second kappa shape index (κ2) is 27.8. The minimum absolute atomic E-state index is 0.634. The Kier molecular flexibility index (Phi) is 15.2. The summed E-state index contributed by atoms with van der Waals surface area (Å²) in [6.07, 6.45) is 7.56. The summed E-state index contributed by atoms with van der Waals surface area (Å²) < 4.78 is 13.9. The first-order valence-electron chi connectivity index (χ1n) is 44.5. The molecule has 0 atom stereocenters. The summed E-state index contributed by atoms with van der Waals surface area (Å²) in [4.78, 5) is 59.4. The first-order valence-corrected chi connectivity index (χ1v) is 44.5. The van der Waals surface area contributed by atoms with Crippen LogP contribution in [0.1, 0.15) is 5.82 Å². The number of aromatic nitrogens is 18. The lowest BCUT2D eigenvalue weighted by Crippen LogP contribution is -1.99. The van der Waals surface area contributed by atoms with Gasteiger partial charge in [-0.15, -0.1) is 0 Å². The van der Waals surface area contributed by atoms with Crippen molar-refractivity contribution in [3.05, 3.63) is 389 Å². The van der Waals surface area contributed by atoms with Crippen LogP contribution in [0.3, 0.4) is 0 Å². The van der Waals surface area contributed by atoms with Crippen LogP contribution in [0.2, 0.25) is 0 Å². The summed E-state index contributed by atoms with van der Waals surface area (Å²) in [5.41, 5.74) is 33.4. The maximum absolute atomic E-state index is 5.24. The van der Waals surface area contributed by atoms with Crippen molar-refractivity contribution in [2.24, 2.45) is 0 Å². The third-order valence-corrected chi connectivity index (χ3v) is 27.0. The van der Waals surface area contributed by atoms with E-state index < -0.39 is 0 Å². The van der Waals surface area contributed by atoms with Crippen molar-refractivity contribution in [1.29, 1.82) is 0 Å². The predicted octanol–water partition coefficient (Wildman–Crippen LogP) is 27.0. The summed E-state index contributed by atoms with van der Waals surface area (Å²) in [6, 6.07) is 125. The number of hydrogen-bond acceptors (Lipinski definition) is 12. The van der Waals surface area contributed by atoms with Crippen molar-refractivity contribution in [3.8, 4) is 62.4 Å². The van der Waals surface area contributed by atoms with Gasteiger partial charge in [0.25, 0.3) is 0 Å². The molecule has 31 rings (SSSR count). The molecule has 31 aromatic rings. The second-order valence-electron chi connectivity index (χ2n) is 34.3. The molecule has 0 saturated carbocycles. The average Bonchev–Trinajstić information content (AvgIpc) is 1.53. The fourth-order valence-electron chi connectivity index (χ4n) is 21.2. The molecule has 133 heavy (non-hydrogen) atoms. The molecular weight excluding hydrogens is 1630 g/mol. The summed E-state index contributed by atoms with van der Waals surface area (Å²) in [5, 5.41) is 17.7. The van der Waals surface area contributed by atoms with E-state index in [-0.39, 0.29) is 0 Å². The third-order valence-electron chi connectivity index (χ3n) is 27.0. The van der Waals surface area contributed by atoms with Crippen molar-refractivity contribution in [1.82, 2.24) is 86.7 Å². The standard InChI is InChI=1S/C42H25N7.C37H21N5.C36H20N6/c1-24-43-40(25-12-4-2-5-13-25)47-41(44-24)26-20-31-30-22-29-28-16-8-11-19-35(28)48(27-14-6-3-7-15-27)36(29)23-37(30)49-39(31)32(21-26)38-42(49)46-34-18-10-9-17-33(34)45-38;1-2-9-22(10-3-1)29-18-17-23(21-38-29)41-32-16-7-4-11-24(32)27-19-28-25-12-8-13-26-35-37(40-31-15-6-5-14-30(31)39-35)42(36(25)26)34(28)20-33(27)41;1-4-13-31-23(8-1)26-17-27-24-9-5-10-25-34-36(40-30-12-3-2-11-29(30)39-34)42(35(24)25)33(27)18-32(26)41(31)22-14-15-28(38-20-22)21-7-6-16-37-19-21/h2-23H,1H3;1-21H;1-20H. The number of nitrogens with zero attached hydrogens (tertiary/aromatic N) is 18. The van der Waals surface area contributed by atoms with Crippen LogP contribution in [0.5, 0.6) is 0 Å². The number of fused-ring (bicyclic) bond motifs is 30. The van der Waals surface area contributed by atoms with E-state index in [1.165, 1.54) is 70.4 Å².